The molecule has 0 saturated heterocycles. The van der Waals surface area contributed by atoms with Crippen molar-refractivity contribution in [2.45, 2.75) is 18.2 Å². The lowest BCUT2D eigenvalue weighted by atomic mass is 10.2. The van der Waals surface area contributed by atoms with Gasteiger partial charge in [-0.05, 0) is 19.1 Å². The Morgan fingerprint density at radius 2 is 2.00 bits per heavy atom. The maximum Gasteiger partial charge on any atom is 0.240 e. The number of carbonyl (C=O) groups is 1. The van der Waals surface area contributed by atoms with E-state index in [4.69, 9.17) is 0 Å². The van der Waals surface area contributed by atoms with E-state index in [9.17, 15) is 13.2 Å². The number of H-pyrrole nitrogens is 1. The maximum atomic E-state index is 12.0. The molecule has 8 nitrogen and oxygen atoms in total. The van der Waals surface area contributed by atoms with Crippen LogP contribution >= 0.6 is 0 Å². The van der Waals surface area contributed by atoms with Crippen LogP contribution in [-0.2, 0) is 16.4 Å². The van der Waals surface area contributed by atoms with E-state index < -0.39 is 10.0 Å². The summed E-state index contributed by atoms with van der Waals surface area (Å²) < 4.78 is 26.4. The molecule has 106 valence electrons. The Labute approximate surface area is 115 Å². The van der Waals surface area contributed by atoms with Crippen LogP contribution in [0.5, 0.6) is 0 Å². The first-order chi connectivity index (χ1) is 9.49. The number of ketones is 1. The fourth-order valence-electron chi connectivity index (χ4n) is 1.54. The molecule has 0 unspecified atom stereocenters. The van der Waals surface area contributed by atoms with E-state index in [1.54, 1.807) is 0 Å². The van der Waals surface area contributed by atoms with E-state index in [1.807, 2.05) is 0 Å². The van der Waals surface area contributed by atoms with Crippen LogP contribution < -0.4 is 4.72 Å². The largest absolute Gasteiger partial charge is 0.295 e. The minimum absolute atomic E-state index is 0.107. The molecular weight excluding hydrogens is 282 g/mol. The highest BCUT2D eigenvalue weighted by Crippen LogP contribution is 2.10. The van der Waals surface area contributed by atoms with Gasteiger partial charge in [0.25, 0.3) is 0 Å². The molecule has 1 aromatic heterocycles. The summed E-state index contributed by atoms with van der Waals surface area (Å²) in [7, 11) is -3.60. The minimum atomic E-state index is -3.60. The van der Waals surface area contributed by atoms with E-state index in [1.165, 1.54) is 31.2 Å². The fraction of sp³-hybridized carbons (Fsp3) is 0.273. The Morgan fingerprint density at radius 1 is 1.30 bits per heavy atom. The number of hydrogen-bond acceptors (Lipinski definition) is 6. The van der Waals surface area contributed by atoms with E-state index in [2.05, 4.69) is 25.3 Å². The SMILES string of the molecule is CC(=O)c1ccc(S(=O)(=O)NCCc2nn[nH]n2)cc1. The lowest BCUT2D eigenvalue weighted by molar-refractivity contribution is 0.101. The molecule has 9 heteroatoms. The smallest absolute Gasteiger partial charge is 0.240 e. The standard InChI is InChI=1S/C11H13N5O3S/c1-8(17)9-2-4-10(5-3-9)20(18,19)12-7-6-11-13-15-16-14-11/h2-5,12H,6-7H2,1H3,(H,13,14,15,16). The van der Waals surface area contributed by atoms with Gasteiger partial charge in [0.15, 0.2) is 11.6 Å². The quantitative estimate of drug-likeness (QED) is 0.720. The second-order valence-electron chi connectivity index (χ2n) is 4.06. The zero-order valence-electron chi connectivity index (χ0n) is 10.7. The van der Waals surface area contributed by atoms with Crippen molar-refractivity contribution in [3.8, 4) is 0 Å². The van der Waals surface area contributed by atoms with Crippen molar-refractivity contribution in [2.24, 2.45) is 0 Å². The average Bonchev–Trinajstić information content (AvgIpc) is 2.92. The first kappa shape index (κ1) is 14.3. The number of nitrogens with one attached hydrogen (secondary N) is 2. The first-order valence-corrected chi connectivity index (χ1v) is 7.30. The molecule has 1 heterocycles. The van der Waals surface area contributed by atoms with Gasteiger partial charge in [0, 0.05) is 18.5 Å². The molecule has 2 rings (SSSR count). The van der Waals surface area contributed by atoms with Gasteiger partial charge < -0.3 is 0 Å². The van der Waals surface area contributed by atoms with E-state index in [0.29, 0.717) is 17.8 Å². The molecule has 0 aliphatic heterocycles. The number of aromatic nitrogens is 4. The molecule has 0 atom stereocenters. The highest BCUT2D eigenvalue weighted by molar-refractivity contribution is 7.89. The summed E-state index contributed by atoms with van der Waals surface area (Å²) in [5.41, 5.74) is 0.468. The van der Waals surface area contributed by atoms with Crippen LogP contribution in [0.3, 0.4) is 0 Å². The van der Waals surface area contributed by atoms with Gasteiger partial charge in [0.2, 0.25) is 10.0 Å². The Bertz CT molecular complexity index is 679. The molecule has 0 aliphatic carbocycles. The summed E-state index contributed by atoms with van der Waals surface area (Å²) in [6.45, 7) is 1.59. The number of aromatic amines is 1. The number of nitrogens with zero attached hydrogens (tertiary/aromatic N) is 3. The van der Waals surface area contributed by atoms with Gasteiger partial charge in [-0.2, -0.15) is 5.21 Å². The highest BCUT2D eigenvalue weighted by Gasteiger charge is 2.14. The predicted octanol–water partition coefficient (Wildman–Crippen LogP) is -0.0767. The normalized spacial score (nSPS) is 11.4. The Kier molecular flexibility index (Phi) is 4.20. The molecule has 0 fully saturated rings. The van der Waals surface area contributed by atoms with Crippen molar-refractivity contribution in [2.75, 3.05) is 6.54 Å². The Hall–Kier alpha value is -2.13. The summed E-state index contributed by atoms with van der Waals surface area (Å²) in [6.07, 6.45) is 0.335. The van der Waals surface area contributed by atoms with Gasteiger partial charge in [-0.1, -0.05) is 17.3 Å². The lowest BCUT2D eigenvalue weighted by Crippen LogP contribution is -2.26. The number of tetrazole rings is 1. The monoisotopic (exact) mass is 295 g/mol. The second-order valence-corrected chi connectivity index (χ2v) is 5.82. The maximum absolute atomic E-state index is 12.0. The molecule has 20 heavy (non-hydrogen) atoms. The third-order valence-electron chi connectivity index (χ3n) is 2.60. The van der Waals surface area contributed by atoms with Crippen LogP contribution in [0.25, 0.3) is 0 Å². The van der Waals surface area contributed by atoms with Gasteiger partial charge >= 0.3 is 0 Å². The van der Waals surface area contributed by atoms with Crippen LogP contribution in [-0.4, -0.2) is 41.4 Å². The van der Waals surface area contributed by atoms with Crippen LogP contribution in [0, 0.1) is 0 Å². The topological polar surface area (TPSA) is 118 Å². The van der Waals surface area contributed by atoms with Gasteiger partial charge in [0.05, 0.1) is 4.90 Å². The minimum Gasteiger partial charge on any atom is -0.295 e. The highest BCUT2D eigenvalue weighted by atomic mass is 32.2. The molecule has 2 aromatic rings. The Morgan fingerprint density at radius 3 is 2.55 bits per heavy atom. The predicted molar refractivity (Wildman–Crippen MR) is 69.5 cm³/mol. The van der Waals surface area contributed by atoms with Crippen molar-refractivity contribution < 1.29 is 13.2 Å². The molecule has 0 saturated carbocycles. The van der Waals surface area contributed by atoms with Crippen LogP contribution in [0.1, 0.15) is 23.1 Å². The zero-order chi connectivity index (χ0) is 14.6. The number of rotatable bonds is 6. The summed E-state index contributed by atoms with van der Waals surface area (Å²) in [5.74, 6) is 0.318. The molecule has 0 aliphatic rings. The van der Waals surface area contributed by atoms with Crippen molar-refractivity contribution in [1.82, 2.24) is 25.3 Å². The van der Waals surface area contributed by atoms with Gasteiger partial charge in [0.1, 0.15) is 0 Å². The number of benzene rings is 1. The molecule has 0 radical (unpaired) electrons. The van der Waals surface area contributed by atoms with Crippen LogP contribution in [0.15, 0.2) is 29.2 Å². The van der Waals surface area contributed by atoms with Gasteiger partial charge in [-0.3, -0.25) is 4.79 Å². The molecule has 2 N–H and O–H groups in total. The molecule has 0 bridgehead atoms. The molecule has 1 aromatic carbocycles. The third kappa shape index (κ3) is 3.45. The van der Waals surface area contributed by atoms with E-state index >= 15 is 0 Å². The van der Waals surface area contributed by atoms with Crippen molar-refractivity contribution in [3.63, 3.8) is 0 Å². The number of sulfonamides is 1. The van der Waals surface area contributed by atoms with E-state index in [-0.39, 0.29) is 17.2 Å². The van der Waals surface area contributed by atoms with Crippen LogP contribution in [0.4, 0.5) is 0 Å². The summed E-state index contributed by atoms with van der Waals surface area (Å²) >= 11 is 0. The zero-order valence-corrected chi connectivity index (χ0v) is 11.5. The molecular formula is C11H13N5O3S. The number of hydrogen-bond donors (Lipinski definition) is 2. The number of Topliss-reactive ketones (excluding diaryl/α,β-unsaturated/α-hetero) is 1. The third-order valence-corrected chi connectivity index (χ3v) is 4.08. The number of carbonyl (C=O) groups excluding carboxylic acids is 1. The van der Waals surface area contributed by atoms with Crippen LogP contribution in [0.2, 0.25) is 0 Å². The molecule has 0 spiro atoms. The van der Waals surface area contributed by atoms with Crippen molar-refractivity contribution >= 4 is 15.8 Å². The lowest BCUT2D eigenvalue weighted by Gasteiger charge is -2.06. The van der Waals surface area contributed by atoms with Gasteiger partial charge in [-0.25, -0.2) is 13.1 Å². The van der Waals surface area contributed by atoms with E-state index in [0.717, 1.165) is 0 Å². The average molecular weight is 295 g/mol. The van der Waals surface area contributed by atoms with Gasteiger partial charge in [-0.15, -0.1) is 10.2 Å². The summed E-state index contributed by atoms with van der Waals surface area (Å²) in [4.78, 5) is 11.2. The second kappa shape index (κ2) is 5.88. The van der Waals surface area contributed by atoms with Crippen molar-refractivity contribution in [3.05, 3.63) is 35.7 Å². The van der Waals surface area contributed by atoms with Crippen molar-refractivity contribution in [1.29, 1.82) is 0 Å². The first-order valence-electron chi connectivity index (χ1n) is 5.82. The summed E-state index contributed by atoms with van der Waals surface area (Å²) in [6, 6.07) is 5.76. The summed E-state index contributed by atoms with van der Waals surface area (Å²) in [5, 5.41) is 13.1. The fourth-order valence-corrected chi connectivity index (χ4v) is 2.57. The Balaban J connectivity index is 2.00. The molecule has 0 amide bonds.